The molecule has 33 heavy (non-hydrogen) atoms. The molecule has 0 aliphatic heterocycles. The van der Waals surface area contributed by atoms with Crippen LogP contribution in [0.2, 0.25) is 0 Å². The summed E-state index contributed by atoms with van der Waals surface area (Å²) in [6.07, 6.45) is 1.86. The summed E-state index contributed by atoms with van der Waals surface area (Å²) in [6, 6.07) is 24.0. The lowest BCUT2D eigenvalue weighted by atomic mass is 10.0. The second-order valence-corrected chi connectivity index (χ2v) is 7.83. The van der Waals surface area contributed by atoms with Crippen molar-refractivity contribution in [1.29, 1.82) is 0 Å². The third-order valence-corrected chi connectivity index (χ3v) is 5.29. The van der Waals surface area contributed by atoms with Crippen LogP contribution in [0, 0.1) is 5.82 Å². The number of nitrogens with zero attached hydrogens (tertiary/aromatic N) is 2. The van der Waals surface area contributed by atoms with E-state index in [1.54, 1.807) is 12.1 Å². The van der Waals surface area contributed by atoms with Gasteiger partial charge in [-0.25, -0.2) is 9.18 Å². The van der Waals surface area contributed by atoms with Crippen molar-refractivity contribution in [1.82, 2.24) is 9.78 Å². The number of aromatic nitrogens is 2. The molecule has 0 spiro atoms. The van der Waals surface area contributed by atoms with Gasteiger partial charge in [-0.3, -0.25) is 4.68 Å². The maximum Gasteiger partial charge on any atom is 0.341 e. The van der Waals surface area contributed by atoms with Crippen molar-refractivity contribution in [3.05, 3.63) is 95.8 Å². The number of hydrogen-bond acceptors (Lipinski definition) is 3. The van der Waals surface area contributed by atoms with Gasteiger partial charge in [0.15, 0.2) is 6.61 Å². The Morgan fingerprint density at radius 1 is 1.00 bits per heavy atom. The number of aliphatic carboxylic acids is 1. The van der Waals surface area contributed by atoms with Gasteiger partial charge in [0.25, 0.3) is 0 Å². The number of halogens is 1. The van der Waals surface area contributed by atoms with Gasteiger partial charge in [0.2, 0.25) is 0 Å². The van der Waals surface area contributed by atoms with Crippen molar-refractivity contribution in [2.24, 2.45) is 0 Å². The predicted octanol–water partition coefficient (Wildman–Crippen LogP) is 5.82. The monoisotopic (exact) mass is 444 g/mol. The molecule has 0 radical (unpaired) electrons. The molecule has 0 saturated heterocycles. The maximum absolute atomic E-state index is 14.0. The topological polar surface area (TPSA) is 64.3 Å². The SMILES string of the molecule is CCCc1ccc(OCC(=O)O)c(-c2cc(-c3cccc(F)c3)n(Cc3ccccc3)n2)c1. The second kappa shape index (κ2) is 10.1. The van der Waals surface area contributed by atoms with E-state index in [9.17, 15) is 9.18 Å². The minimum absolute atomic E-state index is 0.322. The highest BCUT2D eigenvalue weighted by atomic mass is 19.1. The minimum atomic E-state index is -1.05. The van der Waals surface area contributed by atoms with Crippen molar-refractivity contribution in [2.45, 2.75) is 26.3 Å². The molecule has 0 fully saturated rings. The van der Waals surface area contributed by atoms with Gasteiger partial charge >= 0.3 is 5.97 Å². The van der Waals surface area contributed by atoms with Crippen LogP contribution in [0.4, 0.5) is 4.39 Å². The molecule has 6 heteroatoms. The Morgan fingerprint density at radius 3 is 2.55 bits per heavy atom. The zero-order valence-corrected chi connectivity index (χ0v) is 18.4. The summed E-state index contributed by atoms with van der Waals surface area (Å²) in [5.74, 6) is -0.919. The van der Waals surface area contributed by atoms with Crippen LogP contribution >= 0.6 is 0 Å². The molecule has 1 heterocycles. The molecule has 0 bridgehead atoms. The van der Waals surface area contributed by atoms with E-state index in [2.05, 4.69) is 6.92 Å². The van der Waals surface area contributed by atoms with Crippen molar-refractivity contribution in [3.8, 4) is 28.3 Å². The largest absolute Gasteiger partial charge is 0.481 e. The minimum Gasteiger partial charge on any atom is -0.481 e. The first-order valence-electron chi connectivity index (χ1n) is 10.9. The number of aryl methyl sites for hydroxylation is 1. The summed E-state index contributed by atoms with van der Waals surface area (Å²) < 4.78 is 21.4. The Kier molecular flexibility index (Phi) is 6.83. The number of carboxylic acid groups (broad SMARTS) is 1. The van der Waals surface area contributed by atoms with E-state index in [1.807, 2.05) is 59.3 Å². The molecule has 0 aliphatic rings. The average molecular weight is 445 g/mol. The lowest BCUT2D eigenvalue weighted by molar-refractivity contribution is -0.139. The van der Waals surface area contributed by atoms with E-state index in [4.69, 9.17) is 14.9 Å². The number of hydrogen-bond donors (Lipinski definition) is 1. The molecule has 5 nitrogen and oxygen atoms in total. The molecular weight excluding hydrogens is 419 g/mol. The van der Waals surface area contributed by atoms with E-state index in [0.29, 0.717) is 29.1 Å². The van der Waals surface area contributed by atoms with Crippen molar-refractivity contribution in [2.75, 3.05) is 6.61 Å². The highest BCUT2D eigenvalue weighted by Gasteiger charge is 2.17. The van der Waals surface area contributed by atoms with Crippen molar-refractivity contribution < 1.29 is 19.0 Å². The predicted molar refractivity (Wildman–Crippen MR) is 126 cm³/mol. The molecule has 1 aromatic heterocycles. The lowest BCUT2D eigenvalue weighted by Crippen LogP contribution is -2.10. The van der Waals surface area contributed by atoms with Crippen LogP contribution in [-0.2, 0) is 17.8 Å². The summed E-state index contributed by atoms with van der Waals surface area (Å²) in [4.78, 5) is 11.1. The van der Waals surface area contributed by atoms with Gasteiger partial charge in [0.1, 0.15) is 11.6 Å². The van der Waals surface area contributed by atoms with E-state index >= 15 is 0 Å². The van der Waals surface area contributed by atoms with E-state index in [0.717, 1.165) is 29.7 Å². The summed E-state index contributed by atoms with van der Waals surface area (Å²) in [6.45, 7) is 2.17. The normalized spacial score (nSPS) is 10.8. The molecule has 0 unspecified atom stereocenters. The fraction of sp³-hybridized carbons (Fsp3) is 0.185. The van der Waals surface area contributed by atoms with Crippen LogP contribution in [0.15, 0.2) is 78.9 Å². The smallest absolute Gasteiger partial charge is 0.341 e. The van der Waals surface area contributed by atoms with Crippen LogP contribution in [0.1, 0.15) is 24.5 Å². The maximum atomic E-state index is 14.0. The van der Waals surface area contributed by atoms with Crippen molar-refractivity contribution >= 4 is 5.97 Å². The molecule has 4 rings (SSSR count). The molecular formula is C27H25FN2O3. The van der Waals surface area contributed by atoms with Gasteiger partial charge in [-0.05, 0) is 47.9 Å². The fourth-order valence-corrected chi connectivity index (χ4v) is 3.79. The summed E-state index contributed by atoms with van der Waals surface area (Å²) in [5, 5.41) is 13.9. The number of rotatable bonds is 9. The average Bonchev–Trinajstić information content (AvgIpc) is 3.22. The van der Waals surface area contributed by atoms with E-state index in [-0.39, 0.29) is 5.82 Å². The number of carbonyl (C=O) groups is 1. The number of benzene rings is 3. The highest BCUT2D eigenvalue weighted by molar-refractivity contribution is 5.74. The van der Waals surface area contributed by atoms with Crippen LogP contribution in [-0.4, -0.2) is 27.5 Å². The first kappa shape index (κ1) is 22.3. The van der Waals surface area contributed by atoms with Crippen LogP contribution < -0.4 is 4.74 Å². The van der Waals surface area contributed by atoms with Crippen LogP contribution in [0.5, 0.6) is 5.75 Å². The third kappa shape index (κ3) is 5.47. The zero-order valence-electron chi connectivity index (χ0n) is 18.4. The molecule has 1 N–H and O–H groups in total. The fourth-order valence-electron chi connectivity index (χ4n) is 3.79. The Morgan fingerprint density at radius 2 is 1.82 bits per heavy atom. The molecule has 0 atom stereocenters. The molecule has 4 aromatic rings. The number of carboxylic acids is 1. The quantitative estimate of drug-likeness (QED) is 0.353. The lowest BCUT2D eigenvalue weighted by Gasteiger charge is -2.11. The van der Waals surface area contributed by atoms with Gasteiger partial charge in [-0.15, -0.1) is 0 Å². The molecule has 0 aliphatic carbocycles. The molecule has 3 aromatic carbocycles. The Bertz CT molecular complexity index is 1250. The van der Waals surface area contributed by atoms with Gasteiger partial charge in [0, 0.05) is 11.1 Å². The zero-order chi connectivity index (χ0) is 23.2. The summed E-state index contributed by atoms with van der Waals surface area (Å²) in [5.41, 5.74) is 5.00. The van der Waals surface area contributed by atoms with E-state index in [1.165, 1.54) is 12.1 Å². The first-order valence-corrected chi connectivity index (χ1v) is 10.9. The Labute approximate surface area is 192 Å². The first-order chi connectivity index (χ1) is 16.0. The molecule has 168 valence electrons. The van der Waals surface area contributed by atoms with Gasteiger partial charge in [-0.1, -0.05) is 61.9 Å². The summed E-state index contributed by atoms with van der Waals surface area (Å²) in [7, 11) is 0. The highest BCUT2D eigenvalue weighted by Crippen LogP contribution is 2.34. The molecule has 0 amide bonds. The summed E-state index contributed by atoms with van der Waals surface area (Å²) >= 11 is 0. The van der Waals surface area contributed by atoms with Crippen LogP contribution in [0.25, 0.3) is 22.5 Å². The third-order valence-electron chi connectivity index (χ3n) is 5.29. The molecule has 0 saturated carbocycles. The second-order valence-electron chi connectivity index (χ2n) is 7.83. The van der Waals surface area contributed by atoms with Gasteiger partial charge < -0.3 is 9.84 Å². The standard InChI is InChI=1S/C27H25FN2O3/c1-2-7-19-12-13-26(33-18-27(31)32)23(14-19)24-16-25(21-10-6-11-22(28)15-21)30(29-24)17-20-8-4-3-5-9-20/h3-6,8-16H,2,7,17-18H2,1H3,(H,31,32). The van der Waals surface area contributed by atoms with E-state index < -0.39 is 12.6 Å². The Hall–Kier alpha value is -3.93. The van der Waals surface area contributed by atoms with Gasteiger partial charge in [-0.2, -0.15) is 5.10 Å². The van der Waals surface area contributed by atoms with Gasteiger partial charge in [0.05, 0.1) is 17.9 Å². The number of ether oxygens (including phenoxy) is 1. The van der Waals surface area contributed by atoms with Crippen molar-refractivity contribution in [3.63, 3.8) is 0 Å². The van der Waals surface area contributed by atoms with Crippen LogP contribution in [0.3, 0.4) is 0 Å². The Balaban J connectivity index is 1.82.